The number of H-pyrrole nitrogens is 1. The van der Waals surface area contributed by atoms with Crippen LogP contribution in [0.4, 0.5) is 0 Å². The second kappa shape index (κ2) is 7.11. The number of hydrogen-bond donors (Lipinski definition) is 1. The van der Waals surface area contributed by atoms with Crippen LogP contribution in [0, 0.1) is 12.3 Å². The quantitative estimate of drug-likeness (QED) is 0.735. The number of hydrogen-bond acceptors (Lipinski definition) is 6. The molecule has 0 saturated carbocycles. The van der Waals surface area contributed by atoms with Gasteiger partial charge in [0.25, 0.3) is 5.91 Å². The van der Waals surface area contributed by atoms with Crippen LogP contribution in [-0.4, -0.2) is 57.5 Å². The summed E-state index contributed by atoms with van der Waals surface area (Å²) in [5.41, 5.74) is 2.47. The third kappa shape index (κ3) is 3.23. The normalized spacial score (nSPS) is 21.0. The van der Waals surface area contributed by atoms with Gasteiger partial charge in [0.1, 0.15) is 5.69 Å². The van der Waals surface area contributed by atoms with Crippen molar-refractivity contribution in [1.82, 2.24) is 25.3 Å². The Kier molecular flexibility index (Phi) is 4.43. The molecule has 2 fully saturated rings. The van der Waals surface area contributed by atoms with Crippen molar-refractivity contribution in [3.05, 3.63) is 53.7 Å². The van der Waals surface area contributed by atoms with E-state index in [4.69, 9.17) is 9.15 Å². The van der Waals surface area contributed by atoms with Gasteiger partial charge in [0.2, 0.25) is 11.8 Å². The third-order valence-corrected chi connectivity index (χ3v) is 6.19. The average molecular weight is 393 g/mol. The van der Waals surface area contributed by atoms with E-state index >= 15 is 0 Å². The molecule has 3 aromatic rings. The van der Waals surface area contributed by atoms with Crippen LogP contribution in [0.15, 0.2) is 40.9 Å². The number of nitrogens with zero attached hydrogens (tertiary/aromatic N) is 4. The predicted molar refractivity (Wildman–Crippen MR) is 104 cm³/mol. The first-order valence-corrected chi connectivity index (χ1v) is 9.91. The number of benzene rings is 1. The SMILES string of the molecule is Cc1ccc(-c2nnc(C3CN(C(=O)c4ccn[nH]4)CC34CCOCC4)o2)cc1. The maximum Gasteiger partial charge on any atom is 0.271 e. The molecule has 8 heteroatoms. The summed E-state index contributed by atoms with van der Waals surface area (Å²) in [4.78, 5) is 14.8. The summed E-state index contributed by atoms with van der Waals surface area (Å²) in [7, 11) is 0. The number of aryl methyl sites for hydroxylation is 1. The third-order valence-electron chi connectivity index (χ3n) is 6.19. The molecule has 0 aliphatic carbocycles. The minimum atomic E-state index is -0.106. The topological polar surface area (TPSA) is 97.1 Å². The molecule has 0 radical (unpaired) electrons. The Morgan fingerprint density at radius 1 is 1.17 bits per heavy atom. The van der Waals surface area contributed by atoms with Crippen LogP contribution in [0.2, 0.25) is 0 Å². The number of nitrogens with one attached hydrogen (secondary N) is 1. The van der Waals surface area contributed by atoms with Crippen LogP contribution in [0.1, 0.15) is 40.7 Å². The monoisotopic (exact) mass is 393 g/mol. The van der Waals surface area contributed by atoms with Gasteiger partial charge in [-0.05, 0) is 38.0 Å². The lowest BCUT2D eigenvalue weighted by Gasteiger charge is -2.36. The average Bonchev–Trinajstić information content (AvgIpc) is 3.49. The second-order valence-corrected chi connectivity index (χ2v) is 7.99. The molecule has 150 valence electrons. The largest absolute Gasteiger partial charge is 0.420 e. The number of likely N-dealkylation sites (tertiary alicyclic amines) is 1. The second-order valence-electron chi connectivity index (χ2n) is 7.99. The van der Waals surface area contributed by atoms with Gasteiger partial charge >= 0.3 is 0 Å². The van der Waals surface area contributed by atoms with E-state index in [0.717, 1.165) is 18.4 Å². The van der Waals surface area contributed by atoms with E-state index in [9.17, 15) is 4.79 Å². The van der Waals surface area contributed by atoms with Crippen molar-refractivity contribution in [2.24, 2.45) is 5.41 Å². The fraction of sp³-hybridized carbons (Fsp3) is 0.429. The number of aromatic nitrogens is 4. The van der Waals surface area contributed by atoms with E-state index in [1.165, 1.54) is 5.56 Å². The fourth-order valence-corrected chi connectivity index (χ4v) is 4.48. The number of aromatic amines is 1. The summed E-state index contributed by atoms with van der Waals surface area (Å²) in [6, 6.07) is 9.73. The molecule has 8 nitrogen and oxygen atoms in total. The van der Waals surface area contributed by atoms with Crippen molar-refractivity contribution in [3.8, 4) is 11.5 Å². The molecular formula is C21H23N5O3. The van der Waals surface area contributed by atoms with Gasteiger partial charge in [-0.1, -0.05) is 17.7 Å². The van der Waals surface area contributed by atoms with Crippen molar-refractivity contribution in [1.29, 1.82) is 0 Å². The number of ether oxygens (including phenoxy) is 1. The predicted octanol–water partition coefficient (Wildman–Crippen LogP) is 2.80. The van der Waals surface area contributed by atoms with Crippen molar-refractivity contribution in [2.45, 2.75) is 25.7 Å². The summed E-state index contributed by atoms with van der Waals surface area (Å²) < 4.78 is 11.7. The first kappa shape index (κ1) is 18.1. The van der Waals surface area contributed by atoms with Crippen LogP contribution in [0.25, 0.3) is 11.5 Å². The van der Waals surface area contributed by atoms with Gasteiger partial charge in [-0.25, -0.2) is 0 Å². The first-order chi connectivity index (χ1) is 14.1. The van der Waals surface area contributed by atoms with Crippen LogP contribution in [0.3, 0.4) is 0 Å². The summed E-state index contributed by atoms with van der Waals surface area (Å²) in [5, 5.41) is 15.4. The van der Waals surface area contributed by atoms with Crippen LogP contribution in [0.5, 0.6) is 0 Å². The van der Waals surface area contributed by atoms with Gasteiger partial charge in [0.15, 0.2) is 0 Å². The zero-order valence-corrected chi connectivity index (χ0v) is 16.3. The molecule has 1 amide bonds. The van der Waals surface area contributed by atoms with Crippen LogP contribution < -0.4 is 0 Å². The molecule has 5 rings (SSSR count). The smallest absolute Gasteiger partial charge is 0.271 e. The standard InChI is InChI=1S/C21H23N5O3/c1-14-2-4-15(5-3-14)18-24-25-19(29-18)16-12-26(20(27)17-6-9-22-23-17)13-21(16)7-10-28-11-8-21/h2-6,9,16H,7-8,10-13H2,1H3,(H,22,23). The van der Waals surface area contributed by atoms with Crippen LogP contribution in [-0.2, 0) is 4.74 Å². The summed E-state index contributed by atoms with van der Waals surface area (Å²) >= 11 is 0. The molecule has 0 bridgehead atoms. The van der Waals surface area contributed by atoms with E-state index in [1.54, 1.807) is 12.3 Å². The molecule has 1 unspecified atom stereocenters. The van der Waals surface area contributed by atoms with Gasteiger partial charge in [0, 0.05) is 43.5 Å². The zero-order chi connectivity index (χ0) is 19.8. The van der Waals surface area contributed by atoms with Crippen LogP contribution >= 0.6 is 0 Å². The molecule has 2 aliphatic heterocycles. The van der Waals surface area contributed by atoms with Gasteiger partial charge in [-0.15, -0.1) is 10.2 Å². The van der Waals surface area contributed by atoms with E-state index in [1.807, 2.05) is 36.1 Å². The Hall–Kier alpha value is -3.00. The molecule has 1 N–H and O–H groups in total. The lowest BCUT2D eigenvalue weighted by Crippen LogP contribution is -2.37. The fourth-order valence-electron chi connectivity index (χ4n) is 4.48. The van der Waals surface area contributed by atoms with Crippen molar-refractivity contribution >= 4 is 5.91 Å². The van der Waals surface area contributed by atoms with E-state index < -0.39 is 0 Å². The highest BCUT2D eigenvalue weighted by molar-refractivity contribution is 5.92. The number of amides is 1. The highest BCUT2D eigenvalue weighted by Crippen LogP contribution is 2.49. The van der Waals surface area contributed by atoms with Crippen molar-refractivity contribution in [3.63, 3.8) is 0 Å². The molecular weight excluding hydrogens is 370 g/mol. The lowest BCUT2D eigenvalue weighted by molar-refractivity contribution is 0.00905. The van der Waals surface area contributed by atoms with Crippen molar-refractivity contribution < 1.29 is 13.9 Å². The molecule has 1 atom stereocenters. The first-order valence-electron chi connectivity index (χ1n) is 9.91. The van der Waals surface area contributed by atoms with Gasteiger partial charge in [0.05, 0.1) is 5.92 Å². The van der Waals surface area contributed by atoms with E-state index in [2.05, 4.69) is 20.4 Å². The molecule has 4 heterocycles. The summed E-state index contributed by atoms with van der Waals surface area (Å²) in [5.74, 6) is 1.06. The molecule has 2 aliphatic rings. The Morgan fingerprint density at radius 2 is 1.97 bits per heavy atom. The molecule has 2 aromatic heterocycles. The maximum atomic E-state index is 12.9. The van der Waals surface area contributed by atoms with E-state index in [-0.39, 0.29) is 17.2 Å². The Bertz CT molecular complexity index is 990. The Morgan fingerprint density at radius 3 is 2.69 bits per heavy atom. The molecule has 1 aromatic carbocycles. The zero-order valence-electron chi connectivity index (χ0n) is 16.3. The van der Waals surface area contributed by atoms with Gasteiger partial charge in [-0.2, -0.15) is 5.10 Å². The van der Waals surface area contributed by atoms with Gasteiger partial charge < -0.3 is 14.1 Å². The Balaban J connectivity index is 1.45. The van der Waals surface area contributed by atoms with Gasteiger partial charge in [-0.3, -0.25) is 9.89 Å². The molecule has 2 saturated heterocycles. The van der Waals surface area contributed by atoms with Crippen molar-refractivity contribution in [2.75, 3.05) is 26.3 Å². The summed E-state index contributed by atoms with van der Waals surface area (Å²) in [6.07, 6.45) is 3.33. The highest BCUT2D eigenvalue weighted by atomic mass is 16.5. The number of carbonyl (C=O) groups is 1. The number of rotatable bonds is 3. The summed E-state index contributed by atoms with van der Waals surface area (Å²) in [6.45, 7) is 4.61. The lowest BCUT2D eigenvalue weighted by atomic mass is 9.72. The van der Waals surface area contributed by atoms with E-state index in [0.29, 0.717) is 43.8 Å². The Labute approximate surface area is 168 Å². The number of carbonyl (C=O) groups excluding carboxylic acids is 1. The molecule has 1 spiro atoms. The minimum Gasteiger partial charge on any atom is -0.420 e. The molecule has 29 heavy (non-hydrogen) atoms. The minimum absolute atomic E-state index is 0.00929. The highest BCUT2D eigenvalue weighted by Gasteiger charge is 2.51. The maximum absolute atomic E-state index is 12.9.